The summed E-state index contributed by atoms with van der Waals surface area (Å²) in [5, 5.41) is 11.4. The van der Waals surface area contributed by atoms with Crippen molar-refractivity contribution in [3.05, 3.63) is 34.7 Å². The number of nitrogens with one attached hydrogen (secondary N) is 1. The van der Waals surface area contributed by atoms with E-state index in [-0.39, 0.29) is 12.6 Å². The van der Waals surface area contributed by atoms with Crippen molar-refractivity contribution in [2.24, 2.45) is 10.9 Å². The number of hydrogen-bond acceptors (Lipinski definition) is 5. The van der Waals surface area contributed by atoms with E-state index in [9.17, 15) is 4.91 Å². The summed E-state index contributed by atoms with van der Waals surface area (Å²) in [4.78, 5) is 9.91. The number of nitroso groups, excluding NO2 is 1. The van der Waals surface area contributed by atoms with Crippen molar-refractivity contribution in [1.29, 1.82) is 0 Å². The first-order valence-electron chi connectivity index (χ1n) is 4.32. The van der Waals surface area contributed by atoms with E-state index in [4.69, 9.17) is 10.9 Å². The van der Waals surface area contributed by atoms with Gasteiger partial charge < -0.3 is 5.73 Å². The van der Waals surface area contributed by atoms with Crippen molar-refractivity contribution < 1.29 is 5.21 Å². The first-order chi connectivity index (χ1) is 6.77. The van der Waals surface area contributed by atoms with Gasteiger partial charge in [-0.2, -0.15) is 4.91 Å². The van der Waals surface area contributed by atoms with Crippen LogP contribution in [0.1, 0.15) is 18.0 Å². The highest BCUT2D eigenvalue weighted by Gasteiger charge is 2.05. The summed E-state index contributed by atoms with van der Waals surface area (Å²) < 4.78 is 0. The lowest BCUT2D eigenvalue weighted by Gasteiger charge is -2.10. The van der Waals surface area contributed by atoms with Gasteiger partial charge in [0.1, 0.15) is 0 Å². The number of rotatable bonds is 5. The maximum absolute atomic E-state index is 9.91. The number of nitrogens with two attached hydrogens (primary N) is 1. The Morgan fingerprint density at radius 3 is 3.00 bits per heavy atom. The lowest BCUT2D eigenvalue weighted by Crippen LogP contribution is -2.11. The van der Waals surface area contributed by atoms with E-state index >= 15 is 0 Å². The van der Waals surface area contributed by atoms with Crippen LogP contribution in [0.25, 0.3) is 0 Å². The van der Waals surface area contributed by atoms with E-state index in [0.29, 0.717) is 12.1 Å². The van der Waals surface area contributed by atoms with Crippen molar-refractivity contribution in [2.45, 2.75) is 12.5 Å². The summed E-state index contributed by atoms with van der Waals surface area (Å²) in [5.41, 5.74) is 9.28. The van der Waals surface area contributed by atoms with Crippen molar-refractivity contribution >= 4 is 5.69 Å². The highest BCUT2D eigenvalue weighted by atomic mass is 16.5. The molecule has 0 amide bonds. The monoisotopic (exact) mass is 195 g/mol. The number of benzene rings is 1. The lowest BCUT2D eigenvalue weighted by molar-refractivity contribution is 0.389. The molecule has 1 unspecified atom stereocenters. The van der Waals surface area contributed by atoms with Crippen LogP contribution in [0.5, 0.6) is 0 Å². The Morgan fingerprint density at radius 2 is 2.36 bits per heavy atom. The zero-order chi connectivity index (χ0) is 10.4. The summed E-state index contributed by atoms with van der Waals surface area (Å²) in [5.74, 6) is 0. The van der Waals surface area contributed by atoms with Crippen LogP contribution in [0.2, 0.25) is 0 Å². The molecule has 1 aromatic carbocycles. The fourth-order valence-corrected chi connectivity index (χ4v) is 1.20. The fraction of sp³-hybridized carbons (Fsp3) is 0.333. The molecule has 0 aliphatic heterocycles. The second-order valence-corrected chi connectivity index (χ2v) is 2.99. The van der Waals surface area contributed by atoms with Crippen molar-refractivity contribution in [1.82, 2.24) is 0 Å². The highest BCUT2D eigenvalue weighted by molar-refractivity contribution is 5.44. The van der Waals surface area contributed by atoms with Crippen LogP contribution in [-0.2, 0) is 0 Å². The Kier molecular flexibility index (Phi) is 4.03. The molecule has 0 fully saturated rings. The van der Waals surface area contributed by atoms with Crippen molar-refractivity contribution in [3.8, 4) is 0 Å². The zero-order valence-electron chi connectivity index (χ0n) is 7.68. The molecule has 4 N–H and O–H groups in total. The van der Waals surface area contributed by atoms with Crippen molar-refractivity contribution in [2.75, 3.05) is 12.0 Å². The van der Waals surface area contributed by atoms with Gasteiger partial charge in [-0.3, -0.25) is 10.7 Å². The molecule has 0 saturated carbocycles. The molecule has 0 radical (unpaired) electrons. The Bertz CT molecular complexity index is 304. The molecule has 1 atom stereocenters. The summed E-state index contributed by atoms with van der Waals surface area (Å²) in [6.45, 7) is 0.206. The van der Waals surface area contributed by atoms with E-state index in [2.05, 4.69) is 5.18 Å². The molecule has 0 aliphatic rings. The Hall–Kier alpha value is -1.46. The molecule has 0 aliphatic carbocycles. The largest absolute Gasteiger partial charge is 0.324 e. The molecule has 76 valence electrons. The van der Waals surface area contributed by atoms with Crippen LogP contribution in [0.3, 0.4) is 0 Å². The normalized spacial score (nSPS) is 12.1. The Morgan fingerprint density at radius 1 is 1.57 bits per heavy atom. The van der Waals surface area contributed by atoms with E-state index in [1.54, 1.807) is 18.2 Å². The van der Waals surface area contributed by atoms with Crippen LogP contribution >= 0.6 is 0 Å². The minimum absolute atomic E-state index is 0.206. The van der Waals surface area contributed by atoms with E-state index in [1.807, 2.05) is 11.5 Å². The van der Waals surface area contributed by atoms with Crippen LogP contribution in [0.15, 0.2) is 29.4 Å². The standard InChI is InChI=1S/C9H13N3O2/c10-9(4-5-11-13)7-2-1-3-8(6-7)12-14/h1-3,6,9,12,14H,4-5,10H2. The van der Waals surface area contributed by atoms with Crippen LogP contribution in [0.4, 0.5) is 5.69 Å². The second-order valence-electron chi connectivity index (χ2n) is 2.99. The second kappa shape index (κ2) is 5.31. The zero-order valence-corrected chi connectivity index (χ0v) is 7.68. The molecular formula is C9H13N3O2. The van der Waals surface area contributed by atoms with Gasteiger partial charge in [-0.25, -0.2) is 0 Å². The van der Waals surface area contributed by atoms with Gasteiger partial charge in [-0.15, -0.1) is 0 Å². The molecular weight excluding hydrogens is 182 g/mol. The third-order valence-electron chi connectivity index (χ3n) is 1.98. The topological polar surface area (TPSA) is 87.7 Å². The molecule has 5 nitrogen and oxygen atoms in total. The van der Waals surface area contributed by atoms with E-state index in [1.165, 1.54) is 0 Å². The SMILES string of the molecule is NC(CCN=O)c1cccc(NO)c1. The molecule has 5 heteroatoms. The minimum Gasteiger partial charge on any atom is -0.324 e. The predicted molar refractivity (Wildman–Crippen MR) is 54.1 cm³/mol. The first-order valence-corrected chi connectivity index (χ1v) is 4.32. The maximum Gasteiger partial charge on any atom is 0.0829 e. The summed E-state index contributed by atoms with van der Waals surface area (Å²) in [6.07, 6.45) is 0.512. The van der Waals surface area contributed by atoms with Gasteiger partial charge in [0, 0.05) is 6.04 Å². The Labute approximate surface area is 81.9 Å². The average Bonchev–Trinajstić information content (AvgIpc) is 2.26. The summed E-state index contributed by atoms with van der Waals surface area (Å²) in [6, 6.07) is 6.85. The third-order valence-corrected chi connectivity index (χ3v) is 1.98. The minimum atomic E-state index is -0.221. The van der Waals surface area contributed by atoms with Gasteiger partial charge in [0.25, 0.3) is 0 Å². The van der Waals surface area contributed by atoms with Crippen LogP contribution in [-0.4, -0.2) is 11.8 Å². The van der Waals surface area contributed by atoms with Gasteiger partial charge in [-0.05, 0) is 24.1 Å². The van der Waals surface area contributed by atoms with Gasteiger partial charge in [0.2, 0.25) is 0 Å². The third kappa shape index (κ3) is 2.79. The lowest BCUT2D eigenvalue weighted by atomic mass is 10.0. The number of hydrogen-bond donors (Lipinski definition) is 3. The smallest absolute Gasteiger partial charge is 0.0829 e. The Balaban J connectivity index is 2.68. The molecule has 0 saturated heterocycles. The van der Waals surface area contributed by atoms with Crippen molar-refractivity contribution in [3.63, 3.8) is 0 Å². The predicted octanol–water partition coefficient (Wildman–Crippen LogP) is 1.64. The number of anilines is 1. The fourth-order valence-electron chi connectivity index (χ4n) is 1.20. The number of nitrogens with zero attached hydrogens (tertiary/aromatic N) is 1. The molecule has 0 bridgehead atoms. The highest BCUT2D eigenvalue weighted by Crippen LogP contribution is 2.17. The summed E-state index contributed by atoms with van der Waals surface area (Å²) in [7, 11) is 0. The molecule has 1 aromatic rings. The van der Waals surface area contributed by atoms with Gasteiger partial charge in [-0.1, -0.05) is 17.3 Å². The van der Waals surface area contributed by atoms with E-state index < -0.39 is 0 Å². The quantitative estimate of drug-likeness (QED) is 0.492. The van der Waals surface area contributed by atoms with Gasteiger partial charge in [0.15, 0.2) is 0 Å². The molecule has 1 rings (SSSR count). The average molecular weight is 195 g/mol. The van der Waals surface area contributed by atoms with Gasteiger partial charge in [0.05, 0.1) is 12.2 Å². The summed E-state index contributed by atoms with van der Waals surface area (Å²) >= 11 is 0. The van der Waals surface area contributed by atoms with Crippen LogP contribution in [0, 0.1) is 4.91 Å². The van der Waals surface area contributed by atoms with E-state index in [0.717, 1.165) is 5.56 Å². The molecule has 14 heavy (non-hydrogen) atoms. The molecule has 0 spiro atoms. The maximum atomic E-state index is 9.91. The van der Waals surface area contributed by atoms with Gasteiger partial charge >= 0.3 is 0 Å². The van der Waals surface area contributed by atoms with Crippen LogP contribution < -0.4 is 11.2 Å². The molecule has 0 heterocycles. The first kappa shape index (κ1) is 10.6. The molecule has 0 aromatic heterocycles.